The molecule has 0 spiro atoms. The molecule has 1 aliphatic heterocycles. The van der Waals surface area contributed by atoms with Gasteiger partial charge in [-0.25, -0.2) is 9.18 Å². The Balaban J connectivity index is 2.20. The van der Waals surface area contributed by atoms with Gasteiger partial charge in [-0.05, 0) is 32.1 Å². The molecule has 0 bridgehead atoms. The second-order valence-electron chi connectivity index (χ2n) is 4.36. The average Bonchev–Trinajstić information content (AvgIpc) is 2.63. The molecule has 2 rings (SSSR count). The Labute approximate surface area is 99.0 Å². The average molecular weight is 238 g/mol. The number of benzene rings is 1. The largest absolute Gasteiger partial charge is 0.478 e. The van der Waals surface area contributed by atoms with E-state index in [2.05, 4.69) is 10.2 Å². The van der Waals surface area contributed by atoms with Gasteiger partial charge in [-0.1, -0.05) is 6.07 Å². The summed E-state index contributed by atoms with van der Waals surface area (Å²) in [5.41, 5.74) is 0.0832. The van der Waals surface area contributed by atoms with Gasteiger partial charge in [0.2, 0.25) is 0 Å². The number of carboxylic acid groups (broad SMARTS) is 1. The van der Waals surface area contributed by atoms with E-state index in [9.17, 15) is 9.18 Å². The summed E-state index contributed by atoms with van der Waals surface area (Å²) in [5, 5.41) is 12.1. The summed E-state index contributed by atoms with van der Waals surface area (Å²) in [6.45, 7) is 1.81. The predicted molar refractivity (Wildman–Crippen MR) is 62.9 cm³/mol. The minimum Gasteiger partial charge on any atom is -0.478 e. The fourth-order valence-electron chi connectivity index (χ4n) is 2.13. The Morgan fingerprint density at radius 3 is 2.94 bits per heavy atom. The minimum atomic E-state index is -1.24. The summed E-state index contributed by atoms with van der Waals surface area (Å²) >= 11 is 0. The van der Waals surface area contributed by atoms with Crippen LogP contribution in [0.25, 0.3) is 0 Å². The molecule has 1 aromatic carbocycles. The Kier molecular flexibility index (Phi) is 3.28. The molecule has 1 aromatic rings. The first kappa shape index (κ1) is 11.9. The number of carbonyl (C=O) groups is 1. The Hall–Kier alpha value is -1.62. The number of hydrogen-bond acceptors (Lipinski definition) is 3. The zero-order valence-corrected chi connectivity index (χ0v) is 9.61. The van der Waals surface area contributed by atoms with Gasteiger partial charge in [0.15, 0.2) is 0 Å². The maximum atomic E-state index is 13.4. The summed E-state index contributed by atoms with van der Waals surface area (Å²) in [5.74, 6) is -1.94. The predicted octanol–water partition coefficient (Wildman–Crippen LogP) is 1.64. The maximum Gasteiger partial charge on any atom is 0.340 e. The fraction of sp³-hybridized carbons (Fsp3) is 0.417. The highest BCUT2D eigenvalue weighted by Gasteiger charge is 2.22. The van der Waals surface area contributed by atoms with Crippen molar-refractivity contribution in [2.45, 2.75) is 12.5 Å². The van der Waals surface area contributed by atoms with E-state index < -0.39 is 11.8 Å². The maximum absolute atomic E-state index is 13.4. The van der Waals surface area contributed by atoms with Crippen LogP contribution in [-0.4, -0.2) is 42.2 Å². The molecule has 1 fully saturated rings. The van der Waals surface area contributed by atoms with E-state index in [0.717, 1.165) is 25.6 Å². The van der Waals surface area contributed by atoms with Gasteiger partial charge < -0.3 is 15.3 Å². The number of hydrogen-bond donors (Lipinski definition) is 2. The van der Waals surface area contributed by atoms with E-state index in [0.29, 0.717) is 5.69 Å². The second kappa shape index (κ2) is 4.71. The summed E-state index contributed by atoms with van der Waals surface area (Å²) in [7, 11) is 2.01. The molecule has 1 heterocycles. The van der Waals surface area contributed by atoms with Crippen molar-refractivity contribution in [2.24, 2.45) is 0 Å². The summed E-state index contributed by atoms with van der Waals surface area (Å²) in [6, 6.07) is 4.46. The lowest BCUT2D eigenvalue weighted by Crippen LogP contribution is -2.24. The standard InChI is InChI=1S/C12H15FN2O2/c1-15-6-5-8(7-15)14-10-4-2-3-9(13)11(10)12(16)17/h2-4,8,14H,5-7H2,1H3,(H,16,17). The van der Waals surface area contributed by atoms with Crippen molar-refractivity contribution in [1.82, 2.24) is 4.90 Å². The van der Waals surface area contributed by atoms with Gasteiger partial charge in [-0.3, -0.25) is 0 Å². The molecule has 1 saturated heterocycles. The van der Waals surface area contributed by atoms with E-state index in [-0.39, 0.29) is 11.6 Å². The van der Waals surface area contributed by atoms with Crippen molar-refractivity contribution < 1.29 is 14.3 Å². The van der Waals surface area contributed by atoms with Crippen LogP contribution in [0.4, 0.5) is 10.1 Å². The Morgan fingerprint density at radius 2 is 2.35 bits per heavy atom. The highest BCUT2D eigenvalue weighted by atomic mass is 19.1. The van der Waals surface area contributed by atoms with Crippen LogP contribution >= 0.6 is 0 Å². The normalized spacial score (nSPS) is 20.5. The highest BCUT2D eigenvalue weighted by Crippen LogP contribution is 2.22. The molecule has 17 heavy (non-hydrogen) atoms. The van der Waals surface area contributed by atoms with Crippen LogP contribution in [0.15, 0.2) is 18.2 Å². The van der Waals surface area contributed by atoms with Gasteiger partial charge in [0.1, 0.15) is 11.4 Å². The van der Waals surface area contributed by atoms with Crippen molar-refractivity contribution in [1.29, 1.82) is 0 Å². The van der Waals surface area contributed by atoms with Crippen LogP contribution in [0, 0.1) is 5.82 Å². The SMILES string of the molecule is CN1CCC(Nc2cccc(F)c2C(=O)O)C1. The second-order valence-corrected chi connectivity index (χ2v) is 4.36. The van der Waals surface area contributed by atoms with Gasteiger partial charge >= 0.3 is 5.97 Å². The smallest absolute Gasteiger partial charge is 0.340 e. The molecule has 2 N–H and O–H groups in total. The van der Waals surface area contributed by atoms with E-state index in [1.165, 1.54) is 6.07 Å². The van der Waals surface area contributed by atoms with E-state index in [1.807, 2.05) is 7.05 Å². The number of likely N-dealkylation sites (N-methyl/N-ethyl adjacent to an activating group) is 1. The third-order valence-electron chi connectivity index (χ3n) is 2.98. The zero-order chi connectivity index (χ0) is 12.4. The first-order valence-corrected chi connectivity index (χ1v) is 5.55. The molecular formula is C12H15FN2O2. The summed E-state index contributed by atoms with van der Waals surface area (Å²) in [4.78, 5) is 13.1. The van der Waals surface area contributed by atoms with Crippen LogP contribution in [0.5, 0.6) is 0 Å². The molecule has 92 valence electrons. The third kappa shape index (κ3) is 2.55. The first-order chi connectivity index (χ1) is 8.08. The van der Waals surface area contributed by atoms with E-state index in [4.69, 9.17) is 5.11 Å². The monoisotopic (exact) mass is 238 g/mol. The van der Waals surface area contributed by atoms with Crippen LogP contribution in [0.1, 0.15) is 16.8 Å². The molecule has 1 atom stereocenters. The number of halogens is 1. The number of carboxylic acids is 1. The Bertz CT molecular complexity index is 437. The lowest BCUT2D eigenvalue weighted by Gasteiger charge is -2.16. The lowest BCUT2D eigenvalue weighted by molar-refractivity contribution is 0.0693. The van der Waals surface area contributed by atoms with Gasteiger partial charge in [-0.15, -0.1) is 0 Å². The zero-order valence-electron chi connectivity index (χ0n) is 9.61. The number of anilines is 1. The molecular weight excluding hydrogens is 223 g/mol. The lowest BCUT2D eigenvalue weighted by atomic mass is 10.1. The van der Waals surface area contributed by atoms with Crippen molar-refractivity contribution in [3.05, 3.63) is 29.6 Å². The highest BCUT2D eigenvalue weighted by molar-refractivity contribution is 5.94. The van der Waals surface area contributed by atoms with Crippen molar-refractivity contribution in [3.8, 4) is 0 Å². The minimum absolute atomic E-state index is 0.180. The first-order valence-electron chi connectivity index (χ1n) is 5.55. The number of rotatable bonds is 3. The topological polar surface area (TPSA) is 52.6 Å². The molecule has 0 aliphatic carbocycles. The van der Waals surface area contributed by atoms with Crippen LogP contribution in [0.2, 0.25) is 0 Å². The molecule has 0 saturated carbocycles. The molecule has 0 amide bonds. The summed E-state index contributed by atoms with van der Waals surface area (Å²) in [6.07, 6.45) is 0.937. The van der Waals surface area contributed by atoms with Gasteiger partial charge in [0, 0.05) is 12.6 Å². The molecule has 1 unspecified atom stereocenters. The fourth-order valence-corrected chi connectivity index (χ4v) is 2.13. The van der Waals surface area contributed by atoms with Gasteiger partial charge in [0.25, 0.3) is 0 Å². The molecule has 1 aliphatic rings. The number of likely N-dealkylation sites (tertiary alicyclic amines) is 1. The van der Waals surface area contributed by atoms with Crippen LogP contribution in [-0.2, 0) is 0 Å². The number of nitrogens with zero attached hydrogens (tertiary/aromatic N) is 1. The van der Waals surface area contributed by atoms with Crippen LogP contribution < -0.4 is 5.32 Å². The number of nitrogens with one attached hydrogen (secondary N) is 1. The molecule has 5 heteroatoms. The van der Waals surface area contributed by atoms with Gasteiger partial charge in [0.05, 0.1) is 5.69 Å². The third-order valence-corrected chi connectivity index (χ3v) is 2.98. The molecule has 4 nitrogen and oxygen atoms in total. The van der Waals surface area contributed by atoms with Gasteiger partial charge in [-0.2, -0.15) is 0 Å². The molecule has 0 radical (unpaired) electrons. The van der Waals surface area contributed by atoms with Crippen molar-refractivity contribution in [2.75, 3.05) is 25.5 Å². The Morgan fingerprint density at radius 1 is 1.59 bits per heavy atom. The van der Waals surface area contributed by atoms with Crippen LogP contribution in [0.3, 0.4) is 0 Å². The van der Waals surface area contributed by atoms with Crippen molar-refractivity contribution in [3.63, 3.8) is 0 Å². The number of aromatic carboxylic acids is 1. The van der Waals surface area contributed by atoms with E-state index in [1.54, 1.807) is 6.07 Å². The molecule has 0 aromatic heterocycles. The van der Waals surface area contributed by atoms with E-state index >= 15 is 0 Å². The quantitative estimate of drug-likeness (QED) is 0.840. The summed E-state index contributed by atoms with van der Waals surface area (Å²) < 4.78 is 13.4. The van der Waals surface area contributed by atoms with Crippen molar-refractivity contribution >= 4 is 11.7 Å².